The van der Waals surface area contributed by atoms with Crippen molar-refractivity contribution in [1.29, 1.82) is 0 Å². The number of carbonyl (C=O) groups is 5. The molecule has 0 unspecified atom stereocenters. The Morgan fingerprint density at radius 3 is 2.20 bits per heavy atom. The number of hydrogen-bond acceptors (Lipinski definition) is 7. The van der Waals surface area contributed by atoms with Crippen molar-refractivity contribution >= 4 is 29.8 Å². The van der Waals surface area contributed by atoms with Crippen molar-refractivity contribution in [3.8, 4) is 11.8 Å². The number of benzene rings is 3. The van der Waals surface area contributed by atoms with E-state index in [9.17, 15) is 24.0 Å². The Kier molecular flexibility index (Phi) is 12.6. The molecule has 1 heterocycles. The number of methoxy groups -OCH3 is 1. The van der Waals surface area contributed by atoms with Crippen LogP contribution in [0.2, 0.25) is 0 Å². The molecule has 1 aliphatic carbocycles. The second kappa shape index (κ2) is 17.0. The molecule has 0 spiro atoms. The third-order valence-corrected chi connectivity index (χ3v) is 10.3. The van der Waals surface area contributed by atoms with E-state index in [0.29, 0.717) is 11.1 Å². The monoisotopic (exact) mass is 762 g/mol. The minimum Gasteiger partial charge on any atom is -0.465 e. The van der Waals surface area contributed by atoms with Gasteiger partial charge in [-0.2, -0.15) is 0 Å². The maximum atomic E-state index is 14.9. The average molecular weight is 763 g/mol. The highest BCUT2D eigenvalue weighted by Gasteiger charge is 2.43. The fourth-order valence-corrected chi connectivity index (χ4v) is 7.00. The predicted molar refractivity (Wildman–Crippen MR) is 213 cm³/mol. The van der Waals surface area contributed by atoms with Gasteiger partial charge in [-0.25, -0.2) is 9.59 Å². The number of likely N-dealkylation sites (N-methyl/N-ethyl adjacent to an activating group) is 1. The number of carbonyl (C=O) groups excluding carboxylic acids is 5. The molecular formula is C45H54N4O7. The van der Waals surface area contributed by atoms with Crippen molar-refractivity contribution in [1.82, 2.24) is 20.4 Å². The first-order valence-electron chi connectivity index (χ1n) is 19.1. The molecule has 3 aromatic carbocycles. The zero-order valence-electron chi connectivity index (χ0n) is 33.9. The second-order valence-corrected chi connectivity index (χ2v) is 16.7. The molecule has 4 amide bonds. The summed E-state index contributed by atoms with van der Waals surface area (Å²) in [5.74, 6) is 4.70. The molecule has 5 rings (SSSR count). The third-order valence-electron chi connectivity index (χ3n) is 10.3. The molecule has 11 heteroatoms. The normalized spacial score (nSPS) is 17.4. The predicted octanol–water partition coefficient (Wildman–Crippen LogP) is 6.11. The van der Waals surface area contributed by atoms with Gasteiger partial charge in [0.25, 0.3) is 0 Å². The van der Waals surface area contributed by atoms with Gasteiger partial charge in [0.15, 0.2) is 0 Å². The molecule has 2 aliphatic rings. The minimum atomic E-state index is -1.03. The largest absolute Gasteiger partial charge is 0.465 e. The minimum absolute atomic E-state index is 0.118. The van der Waals surface area contributed by atoms with Crippen LogP contribution in [0.4, 0.5) is 4.79 Å². The first-order valence-corrected chi connectivity index (χ1v) is 19.1. The summed E-state index contributed by atoms with van der Waals surface area (Å²) in [4.78, 5) is 70.5. The lowest BCUT2D eigenvalue weighted by Crippen LogP contribution is -2.62. The summed E-state index contributed by atoms with van der Waals surface area (Å²) in [6.07, 6.45) is 2.28. The van der Waals surface area contributed by atoms with Gasteiger partial charge < -0.3 is 25.0 Å². The van der Waals surface area contributed by atoms with E-state index in [4.69, 9.17) is 9.47 Å². The topological polar surface area (TPSA) is 134 Å². The van der Waals surface area contributed by atoms with Gasteiger partial charge in [-0.1, -0.05) is 62.9 Å². The van der Waals surface area contributed by atoms with Crippen LogP contribution < -0.4 is 10.6 Å². The number of fused-ring (bicyclic) bond motifs is 2. The third kappa shape index (κ3) is 9.96. The summed E-state index contributed by atoms with van der Waals surface area (Å²) < 4.78 is 10.3. The first kappa shape index (κ1) is 41.5. The van der Waals surface area contributed by atoms with Gasteiger partial charge in [-0.15, -0.1) is 0 Å². The van der Waals surface area contributed by atoms with Crippen molar-refractivity contribution in [3.05, 3.63) is 106 Å². The molecule has 1 aliphatic heterocycles. The average Bonchev–Trinajstić information content (AvgIpc) is 3.16. The Morgan fingerprint density at radius 2 is 1.54 bits per heavy atom. The number of aryl methyl sites for hydroxylation is 1. The van der Waals surface area contributed by atoms with E-state index in [1.165, 1.54) is 24.6 Å². The quantitative estimate of drug-likeness (QED) is 0.219. The number of rotatable bonds is 7. The Balaban J connectivity index is 1.45. The highest BCUT2D eigenvalue weighted by molar-refractivity contribution is 5.95. The van der Waals surface area contributed by atoms with Crippen LogP contribution in [0.5, 0.6) is 0 Å². The van der Waals surface area contributed by atoms with Gasteiger partial charge in [-0.3, -0.25) is 19.3 Å². The summed E-state index contributed by atoms with van der Waals surface area (Å²) in [6, 6.07) is 17.7. The smallest absolute Gasteiger partial charge is 0.410 e. The van der Waals surface area contributed by atoms with Crippen molar-refractivity contribution in [2.75, 3.05) is 14.2 Å². The molecule has 0 aromatic heterocycles. The summed E-state index contributed by atoms with van der Waals surface area (Å²) in [5.41, 5.74) is 4.40. The van der Waals surface area contributed by atoms with Crippen molar-refractivity contribution in [2.45, 2.75) is 110 Å². The van der Waals surface area contributed by atoms with Crippen LogP contribution >= 0.6 is 0 Å². The molecule has 0 fully saturated rings. The first-order chi connectivity index (χ1) is 26.4. The Bertz CT molecular complexity index is 2030. The lowest BCUT2D eigenvalue weighted by molar-refractivity contribution is -0.147. The van der Waals surface area contributed by atoms with Crippen LogP contribution in [0.25, 0.3) is 0 Å². The second-order valence-electron chi connectivity index (χ2n) is 16.7. The number of esters is 1. The van der Waals surface area contributed by atoms with Gasteiger partial charge in [0.1, 0.15) is 23.7 Å². The molecule has 0 radical (unpaired) electrons. The number of ether oxygens (including phenoxy) is 2. The fraction of sp³-hybridized carbons (Fsp3) is 0.444. The lowest BCUT2D eigenvalue weighted by atomic mass is 9.83. The molecule has 11 nitrogen and oxygen atoms in total. The summed E-state index contributed by atoms with van der Waals surface area (Å²) in [7, 11) is 2.81. The molecule has 296 valence electrons. The standard InChI is InChI=1S/C45H54N4O7/c1-28(48(8)43(54)56-45(5,6)7)39(50)47-38(44(2,3)4)41(52)49-27-34-25-30(18-17-29-19-22-32(23-20-29)42(53)55-9)21-24-33(34)26-37(49)40(51)46-36-16-12-14-31-13-10-11-15-35(31)36/h10-11,13,15,19-25,28,36-38H,12,14,16,26-27H2,1-9H3,(H,46,51)(H,47,50)/t28-,36+,37-,38+/m0/s1. The molecule has 0 bridgehead atoms. The highest BCUT2D eigenvalue weighted by Crippen LogP contribution is 2.32. The van der Waals surface area contributed by atoms with E-state index in [1.807, 2.05) is 51.1 Å². The number of hydrogen-bond donors (Lipinski definition) is 2. The molecular weight excluding hydrogens is 709 g/mol. The van der Waals surface area contributed by atoms with E-state index in [-0.39, 0.29) is 24.9 Å². The number of nitrogens with zero attached hydrogens (tertiary/aromatic N) is 2. The highest BCUT2D eigenvalue weighted by atomic mass is 16.6. The van der Waals surface area contributed by atoms with Crippen LogP contribution in [0.3, 0.4) is 0 Å². The molecule has 0 saturated heterocycles. The van der Waals surface area contributed by atoms with Gasteiger partial charge in [0, 0.05) is 31.1 Å². The SMILES string of the molecule is COC(=O)c1ccc(C#Cc2ccc3c(c2)CN(C(=O)[C@@H](NC(=O)[C@H](C)N(C)C(=O)OC(C)(C)C)C(C)(C)C)[C@H](C(=O)N[C@@H]2CCCc4ccccc42)C3)cc1. The zero-order chi connectivity index (χ0) is 40.9. The summed E-state index contributed by atoms with van der Waals surface area (Å²) in [5, 5.41) is 6.21. The zero-order valence-corrected chi connectivity index (χ0v) is 33.9. The Labute approximate surface area is 330 Å². The van der Waals surface area contributed by atoms with Gasteiger partial charge >= 0.3 is 12.1 Å². The number of nitrogens with one attached hydrogen (secondary N) is 2. The Morgan fingerprint density at radius 1 is 0.875 bits per heavy atom. The van der Waals surface area contributed by atoms with Gasteiger partial charge in [0.05, 0.1) is 18.7 Å². The van der Waals surface area contributed by atoms with Crippen molar-refractivity contribution < 1.29 is 33.4 Å². The molecule has 4 atom stereocenters. The number of amides is 4. The van der Waals surface area contributed by atoms with Gasteiger partial charge in [0.2, 0.25) is 17.7 Å². The summed E-state index contributed by atoms with van der Waals surface area (Å²) in [6.45, 7) is 12.5. The van der Waals surface area contributed by atoms with Crippen molar-refractivity contribution in [3.63, 3.8) is 0 Å². The van der Waals surface area contributed by atoms with Crippen LogP contribution in [0.15, 0.2) is 66.7 Å². The van der Waals surface area contributed by atoms with E-state index in [2.05, 4.69) is 34.6 Å². The maximum absolute atomic E-state index is 14.9. The van der Waals surface area contributed by atoms with Crippen LogP contribution in [-0.4, -0.2) is 77.5 Å². The van der Waals surface area contributed by atoms with E-state index in [1.54, 1.807) is 56.9 Å². The Hall–Kier alpha value is -5.63. The lowest BCUT2D eigenvalue weighted by Gasteiger charge is -2.42. The maximum Gasteiger partial charge on any atom is 0.410 e. The fourth-order valence-electron chi connectivity index (χ4n) is 7.00. The van der Waals surface area contributed by atoms with Crippen LogP contribution in [0.1, 0.15) is 111 Å². The van der Waals surface area contributed by atoms with Gasteiger partial charge in [-0.05, 0) is 111 Å². The molecule has 2 N–H and O–H groups in total. The molecule has 56 heavy (non-hydrogen) atoms. The van der Waals surface area contributed by atoms with Crippen LogP contribution in [0, 0.1) is 17.3 Å². The van der Waals surface area contributed by atoms with E-state index >= 15 is 0 Å². The molecule has 0 saturated carbocycles. The van der Waals surface area contributed by atoms with E-state index in [0.717, 1.165) is 41.5 Å². The van der Waals surface area contributed by atoms with Crippen molar-refractivity contribution in [2.24, 2.45) is 5.41 Å². The molecule has 3 aromatic rings. The van der Waals surface area contributed by atoms with E-state index < -0.39 is 53.0 Å². The van der Waals surface area contributed by atoms with Crippen LogP contribution in [-0.2, 0) is 43.2 Å². The summed E-state index contributed by atoms with van der Waals surface area (Å²) >= 11 is 0.